The van der Waals surface area contributed by atoms with Gasteiger partial charge in [-0.15, -0.1) is 0 Å². The van der Waals surface area contributed by atoms with E-state index in [1.54, 1.807) is 17.0 Å². The summed E-state index contributed by atoms with van der Waals surface area (Å²) in [5.74, 6) is -1.20. The molecule has 0 saturated carbocycles. The average Bonchev–Trinajstić information content (AvgIpc) is 2.71. The van der Waals surface area contributed by atoms with Gasteiger partial charge < -0.3 is 4.57 Å². The fraction of sp³-hybridized carbons (Fsp3) is 0. The second kappa shape index (κ2) is 3.66. The first kappa shape index (κ1) is 9.96. The van der Waals surface area contributed by atoms with E-state index in [2.05, 4.69) is 4.98 Å². The lowest BCUT2D eigenvalue weighted by Gasteiger charge is -2.04. The maximum absolute atomic E-state index is 13.1. The summed E-state index contributed by atoms with van der Waals surface area (Å²) in [7, 11) is 0. The van der Waals surface area contributed by atoms with Gasteiger partial charge in [0.05, 0.1) is 5.69 Å². The Morgan fingerprint density at radius 2 is 1.76 bits per heavy atom. The second-order valence-electron chi connectivity index (χ2n) is 3.73. The summed E-state index contributed by atoms with van der Waals surface area (Å²) >= 11 is 0. The fourth-order valence-corrected chi connectivity index (χ4v) is 1.85. The largest absolute Gasteiger partial charge is 0.301 e. The van der Waals surface area contributed by atoms with E-state index in [9.17, 15) is 8.78 Å². The highest BCUT2D eigenvalue weighted by atomic mass is 19.1. The van der Waals surface area contributed by atoms with Gasteiger partial charge in [0.25, 0.3) is 0 Å². The first-order valence-electron chi connectivity index (χ1n) is 5.12. The Kier molecular flexibility index (Phi) is 2.14. The van der Waals surface area contributed by atoms with Crippen molar-refractivity contribution >= 4 is 11.0 Å². The molecule has 0 saturated heterocycles. The lowest BCUT2D eigenvalue weighted by Crippen LogP contribution is -1.95. The van der Waals surface area contributed by atoms with E-state index in [-0.39, 0.29) is 0 Å². The van der Waals surface area contributed by atoms with Crippen LogP contribution in [0.25, 0.3) is 16.7 Å². The Labute approximate surface area is 96.1 Å². The molecule has 0 fully saturated rings. The predicted octanol–water partition coefficient (Wildman–Crippen LogP) is 3.30. The third-order valence-corrected chi connectivity index (χ3v) is 2.57. The molecule has 0 aliphatic carbocycles. The Hall–Kier alpha value is -2.23. The molecule has 0 bridgehead atoms. The molecule has 0 unspecified atom stereocenters. The van der Waals surface area contributed by atoms with Gasteiger partial charge in [-0.3, -0.25) is 0 Å². The van der Waals surface area contributed by atoms with E-state index in [4.69, 9.17) is 0 Å². The van der Waals surface area contributed by atoms with Gasteiger partial charge in [-0.25, -0.2) is 13.8 Å². The van der Waals surface area contributed by atoms with Gasteiger partial charge in [0.15, 0.2) is 0 Å². The van der Waals surface area contributed by atoms with E-state index >= 15 is 0 Å². The maximum Gasteiger partial charge on any atom is 0.144 e. The summed E-state index contributed by atoms with van der Waals surface area (Å²) in [6.45, 7) is 0. The van der Waals surface area contributed by atoms with E-state index in [1.165, 1.54) is 12.1 Å². The van der Waals surface area contributed by atoms with Crippen molar-refractivity contribution < 1.29 is 8.78 Å². The van der Waals surface area contributed by atoms with Crippen LogP contribution in [0.5, 0.6) is 0 Å². The van der Waals surface area contributed by atoms with Crippen LogP contribution < -0.4 is 0 Å². The molecule has 2 aromatic heterocycles. The van der Waals surface area contributed by atoms with Crippen LogP contribution in [0.1, 0.15) is 0 Å². The van der Waals surface area contributed by atoms with Gasteiger partial charge in [-0.05, 0) is 30.3 Å². The molecule has 17 heavy (non-hydrogen) atoms. The number of fused-ring (bicyclic) bond motifs is 1. The first-order chi connectivity index (χ1) is 8.24. The summed E-state index contributed by atoms with van der Waals surface area (Å²) < 4.78 is 27.9. The Bertz CT molecular complexity index is 668. The molecule has 4 heteroatoms. The smallest absolute Gasteiger partial charge is 0.144 e. The van der Waals surface area contributed by atoms with Crippen molar-refractivity contribution in [2.45, 2.75) is 0 Å². The van der Waals surface area contributed by atoms with Crippen molar-refractivity contribution in [3.8, 4) is 5.69 Å². The van der Waals surface area contributed by atoms with Crippen LogP contribution in [0.15, 0.2) is 48.8 Å². The zero-order valence-corrected chi connectivity index (χ0v) is 8.77. The molecule has 0 N–H and O–H groups in total. The van der Waals surface area contributed by atoms with E-state index in [0.29, 0.717) is 11.3 Å². The van der Waals surface area contributed by atoms with Crippen LogP contribution in [0.4, 0.5) is 8.78 Å². The molecule has 0 aliphatic heterocycles. The summed E-state index contributed by atoms with van der Waals surface area (Å²) in [5, 5.41) is 0.928. The molecular weight excluding hydrogens is 222 g/mol. The zero-order valence-electron chi connectivity index (χ0n) is 8.77. The first-order valence-corrected chi connectivity index (χ1v) is 5.12. The van der Waals surface area contributed by atoms with Crippen LogP contribution in [0.2, 0.25) is 0 Å². The van der Waals surface area contributed by atoms with Gasteiger partial charge in [0.2, 0.25) is 0 Å². The number of benzene rings is 1. The highest BCUT2D eigenvalue weighted by Crippen LogP contribution is 2.19. The number of nitrogens with zero attached hydrogens (tertiary/aromatic N) is 2. The highest BCUT2D eigenvalue weighted by Gasteiger charge is 2.06. The van der Waals surface area contributed by atoms with E-state index < -0.39 is 11.6 Å². The maximum atomic E-state index is 13.1. The number of halogens is 2. The number of hydrogen-bond acceptors (Lipinski definition) is 1. The second-order valence-corrected chi connectivity index (χ2v) is 3.73. The fourth-order valence-electron chi connectivity index (χ4n) is 1.85. The summed E-state index contributed by atoms with van der Waals surface area (Å²) in [6, 6.07) is 8.97. The van der Waals surface area contributed by atoms with E-state index in [0.717, 1.165) is 11.5 Å². The van der Waals surface area contributed by atoms with Crippen LogP contribution in [-0.2, 0) is 0 Å². The van der Waals surface area contributed by atoms with Crippen molar-refractivity contribution in [1.82, 2.24) is 9.55 Å². The van der Waals surface area contributed by atoms with Gasteiger partial charge in [-0.2, -0.15) is 0 Å². The Morgan fingerprint density at radius 3 is 2.53 bits per heavy atom. The molecule has 3 rings (SSSR count). The molecule has 2 nitrogen and oxygen atoms in total. The quantitative estimate of drug-likeness (QED) is 0.627. The van der Waals surface area contributed by atoms with Crippen molar-refractivity contribution in [2.24, 2.45) is 0 Å². The monoisotopic (exact) mass is 230 g/mol. The van der Waals surface area contributed by atoms with Gasteiger partial charge in [-0.1, -0.05) is 0 Å². The minimum atomic E-state index is -0.599. The standard InChI is InChI=1S/C13H8F2N2/c14-10-6-11(15)8-12(7-10)17-5-3-9-2-1-4-16-13(9)17/h1-8H. The zero-order chi connectivity index (χ0) is 11.8. The molecule has 0 amide bonds. The molecule has 0 aliphatic rings. The number of pyridine rings is 1. The number of aromatic nitrogens is 2. The van der Waals surface area contributed by atoms with Crippen LogP contribution >= 0.6 is 0 Å². The van der Waals surface area contributed by atoms with Crippen LogP contribution in [-0.4, -0.2) is 9.55 Å². The molecule has 2 heterocycles. The van der Waals surface area contributed by atoms with Gasteiger partial charge in [0, 0.05) is 23.8 Å². The lowest BCUT2D eigenvalue weighted by atomic mass is 10.3. The molecule has 1 aromatic carbocycles. The Balaban J connectivity index is 2.27. The molecule has 3 aromatic rings. The van der Waals surface area contributed by atoms with E-state index in [1.807, 2.05) is 18.2 Å². The average molecular weight is 230 g/mol. The molecule has 0 spiro atoms. The topological polar surface area (TPSA) is 17.8 Å². The molecule has 0 atom stereocenters. The Morgan fingerprint density at radius 1 is 1.00 bits per heavy atom. The summed E-state index contributed by atoms with van der Waals surface area (Å²) in [4.78, 5) is 4.19. The predicted molar refractivity (Wildman–Crippen MR) is 61.0 cm³/mol. The lowest BCUT2D eigenvalue weighted by molar-refractivity contribution is 0.582. The molecule has 0 radical (unpaired) electrons. The van der Waals surface area contributed by atoms with Crippen molar-refractivity contribution in [3.05, 3.63) is 60.4 Å². The highest BCUT2D eigenvalue weighted by molar-refractivity contribution is 5.77. The SMILES string of the molecule is Fc1cc(F)cc(-n2ccc3cccnc32)c1. The van der Waals surface area contributed by atoms with Gasteiger partial charge in [0.1, 0.15) is 17.3 Å². The van der Waals surface area contributed by atoms with Crippen molar-refractivity contribution in [2.75, 3.05) is 0 Å². The molecular formula is C13H8F2N2. The van der Waals surface area contributed by atoms with Crippen LogP contribution in [0.3, 0.4) is 0 Å². The summed E-state index contributed by atoms with van der Waals surface area (Å²) in [6.07, 6.45) is 3.39. The summed E-state index contributed by atoms with van der Waals surface area (Å²) in [5.41, 5.74) is 1.11. The van der Waals surface area contributed by atoms with Crippen molar-refractivity contribution in [3.63, 3.8) is 0 Å². The normalized spacial score (nSPS) is 10.9. The third-order valence-electron chi connectivity index (χ3n) is 2.57. The third kappa shape index (κ3) is 1.67. The van der Waals surface area contributed by atoms with Crippen molar-refractivity contribution in [1.29, 1.82) is 0 Å². The minimum Gasteiger partial charge on any atom is -0.301 e. The van der Waals surface area contributed by atoms with Gasteiger partial charge >= 0.3 is 0 Å². The number of rotatable bonds is 1. The molecule has 84 valence electrons. The minimum absolute atomic E-state index is 0.427. The number of hydrogen-bond donors (Lipinski definition) is 0. The van der Waals surface area contributed by atoms with Crippen LogP contribution in [0, 0.1) is 11.6 Å².